The first kappa shape index (κ1) is 24.3. The Balaban J connectivity index is 1.19. The van der Waals surface area contributed by atoms with Gasteiger partial charge < -0.3 is 14.5 Å². The molecule has 2 aromatic carbocycles. The highest BCUT2D eigenvalue weighted by Crippen LogP contribution is 2.30. The molecule has 1 amide bonds. The average molecular weight is 521 g/mol. The summed E-state index contributed by atoms with van der Waals surface area (Å²) in [6.45, 7) is 7.39. The molecule has 0 unspecified atom stereocenters. The number of para-hydroxylation sites is 3. The fourth-order valence-corrected chi connectivity index (χ4v) is 6.00. The summed E-state index contributed by atoms with van der Waals surface area (Å²) in [5, 5.41) is 12.2. The molecule has 10 heteroatoms. The molecular formula is C26H28N6O2S2. The molecule has 36 heavy (non-hydrogen) atoms. The summed E-state index contributed by atoms with van der Waals surface area (Å²) in [6, 6.07) is 18.1. The number of aromatic nitrogens is 4. The number of thiazole rings is 1. The van der Waals surface area contributed by atoms with Crippen LogP contribution < -0.4 is 9.64 Å². The Labute approximate surface area is 218 Å². The summed E-state index contributed by atoms with van der Waals surface area (Å²) in [6.07, 6.45) is 0. The molecule has 0 saturated carbocycles. The number of anilines is 1. The third-order valence-corrected chi connectivity index (χ3v) is 7.95. The van der Waals surface area contributed by atoms with Gasteiger partial charge in [0.2, 0.25) is 0 Å². The number of amides is 1. The summed E-state index contributed by atoms with van der Waals surface area (Å²) < 4.78 is 7.82. The van der Waals surface area contributed by atoms with Crippen LogP contribution in [0.3, 0.4) is 0 Å². The number of carbonyl (C=O) groups is 1. The molecule has 0 radical (unpaired) electrons. The van der Waals surface area contributed by atoms with Crippen LogP contribution in [0.15, 0.2) is 65.1 Å². The van der Waals surface area contributed by atoms with E-state index >= 15 is 0 Å². The molecule has 0 bridgehead atoms. The van der Waals surface area contributed by atoms with Crippen molar-refractivity contribution in [3.8, 4) is 11.4 Å². The van der Waals surface area contributed by atoms with Gasteiger partial charge in [-0.05, 0) is 38.1 Å². The lowest BCUT2D eigenvalue weighted by Crippen LogP contribution is -2.49. The number of carbonyl (C=O) groups excluding carboxylic acids is 1. The van der Waals surface area contributed by atoms with Crippen molar-refractivity contribution in [2.24, 2.45) is 0 Å². The minimum atomic E-state index is -0.0106. The van der Waals surface area contributed by atoms with Crippen LogP contribution in [0.2, 0.25) is 0 Å². The predicted octanol–water partition coefficient (Wildman–Crippen LogP) is 4.69. The second-order valence-electron chi connectivity index (χ2n) is 8.30. The highest BCUT2D eigenvalue weighted by Gasteiger charge is 2.25. The number of benzene rings is 2. The largest absolute Gasteiger partial charge is 0.492 e. The lowest BCUT2D eigenvalue weighted by Gasteiger charge is -2.36. The number of hydrogen-bond donors (Lipinski definition) is 0. The lowest BCUT2D eigenvalue weighted by atomic mass is 10.2. The smallest absolute Gasteiger partial charge is 0.273 e. The number of thioether (sulfide) groups is 1. The van der Waals surface area contributed by atoms with Gasteiger partial charge in [0.05, 0.1) is 18.0 Å². The van der Waals surface area contributed by atoms with Gasteiger partial charge in [-0.3, -0.25) is 9.36 Å². The molecule has 186 valence electrons. The molecule has 0 N–H and O–H groups in total. The van der Waals surface area contributed by atoms with Gasteiger partial charge >= 0.3 is 0 Å². The Morgan fingerprint density at radius 2 is 1.78 bits per heavy atom. The van der Waals surface area contributed by atoms with Crippen LogP contribution in [0.5, 0.6) is 5.75 Å². The van der Waals surface area contributed by atoms with Crippen LogP contribution in [0.1, 0.15) is 28.2 Å². The average Bonchev–Trinajstić information content (AvgIpc) is 3.54. The highest BCUT2D eigenvalue weighted by molar-refractivity contribution is 7.98. The Kier molecular flexibility index (Phi) is 7.52. The number of ether oxygens (including phenoxy) is 1. The van der Waals surface area contributed by atoms with E-state index in [9.17, 15) is 4.79 Å². The van der Waals surface area contributed by atoms with Gasteiger partial charge in [0.25, 0.3) is 5.91 Å². The molecule has 1 fully saturated rings. The molecule has 8 nitrogen and oxygen atoms in total. The maximum Gasteiger partial charge on any atom is 0.273 e. The molecule has 1 aliphatic rings. The quantitative estimate of drug-likeness (QED) is 0.312. The monoisotopic (exact) mass is 520 g/mol. The zero-order valence-corrected chi connectivity index (χ0v) is 22.0. The number of piperazine rings is 1. The fourth-order valence-electron chi connectivity index (χ4n) is 4.22. The van der Waals surface area contributed by atoms with Gasteiger partial charge in [-0.15, -0.1) is 21.5 Å². The Hall–Kier alpha value is -3.37. The number of nitrogens with zero attached hydrogens (tertiary/aromatic N) is 6. The Bertz CT molecular complexity index is 1310. The summed E-state index contributed by atoms with van der Waals surface area (Å²) in [7, 11) is 0. The van der Waals surface area contributed by atoms with Gasteiger partial charge in [-0.1, -0.05) is 42.1 Å². The number of hydrogen-bond acceptors (Lipinski definition) is 8. The minimum Gasteiger partial charge on any atom is -0.492 e. The summed E-state index contributed by atoms with van der Waals surface area (Å²) in [5.74, 6) is 2.34. The first-order chi connectivity index (χ1) is 17.6. The van der Waals surface area contributed by atoms with E-state index in [-0.39, 0.29) is 5.91 Å². The molecular weight excluding hydrogens is 492 g/mol. The van der Waals surface area contributed by atoms with Crippen molar-refractivity contribution < 1.29 is 9.53 Å². The fraction of sp³-hybridized carbons (Fsp3) is 0.308. The Morgan fingerprint density at radius 1 is 1.03 bits per heavy atom. The molecule has 3 heterocycles. The molecule has 0 aliphatic carbocycles. The number of aryl methyl sites for hydroxylation is 1. The van der Waals surface area contributed by atoms with Gasteiger partial charge in [0, 0.05) is 37.2 Å². The van der Waals surface area contributed by atoms with Crippen LogP contribution in [0.4, 0.5) is 5.69 Å². The first-order valence-electron chi connectivity index (χ1n) is 11.9. The maximum atomic E-state index is 13.1. The third kappa shape index (κ3) is 5.24. The van der Waals surface area contributed by atoms with Crippen molar-refractivity contribution in [3.05, 3.63) is 76.5 Å². The van der Waals surface area contributed by atoms with Gasteiger partial charge in [0.1, 0.15) is 22.3 Å². The second-order valence-corrected chi connectivity index (χ2v) is 10.2. The van der Waals surface area contributed by atoms with Crippen LogP contribution in [-0.4, -0.2) is 63.3 Å². The standard InChI is InChI=1S/C26H28N6O2S2/c1-3-34-23-12-8-7-11-22(23)30-13-15-31(16-14-30)25(33)21-17-35-24(27-21)18-36-26-29-28-19(2)32(26)20-9-5-4-6-10-20/h4-12,17H,3,13-16,18H2,1-2H3. The van der Waals surface area contributed by atoms with Crippen molar-refractivity contribution in [2.45, 2.75) is 24.8 Å². The number of rotatable bonds is 8. The van der Waals surface area contributed by atoms with Crippen molar-refractivity contribution in [3.63, 3.8) is 0 Å². The summed E-state index contributed by atoms with van der Waals surface area (Å²) >= 11 is 3.08. The lowest BCUT2D eigenvalue weighted by molar-refractivity contribution is 0.0741. The SMILES string of the molecule is CCOc1ccccc1N1CCN(C(=O)c2csc(CSc3nnc(C)n3-c3ccccc3)n2)CC1. The topological polar surface area (TPSA) is 76.4 Å². The van der Waals surface area contributed by atoms with E-state index in [2.05, 4.69) is 26.1 Å². The highest BCUT2D eigenvalue weighted by atomic mass is 32.2. The van der Waals surface area contributed by atoms with Gasteiger partial charge in [-0.25, -0.2) is 4.98 Å². The van der Waals surface area contributed by atoms with E-state index in [0.29, 0.717) is 31.1 Å². The second kappa shape index (κ2) is 11.1. The summed E-state index contributed by atoms with van der Waals surface area (Å²) in [4.78, 5) is 21.9. The maximum absolute atomic E-state index is 13.1. The van der Waals surface area contributed by atoms with E-state index in [4.69, 9.17) is 4.74 Å². The molecule has 0 atom stereocenters. The van der Waals surface area contributed by atoms with Crippen molar-refractivity contribution in [1.29, 1.82) is 0 Å². The zero-order valence-electron chi connectivity index (χ0n) is 20.3. The normalized spacial score (nSPS) is 13.7. The molecule has 2 aromatic heterocycles. The predicted molar refractivity (Wildman–Crippen MR) is 143 cm³/mol. The van der Waals surface area contributed by atoms with E-state index in [1.165, 1.54) is 11.3 Å². The van der Waals surface area contributed by atoms with E-state index < -0.39 is 0 Å². The van der Waals surface area contributed by atoms with Crippen molar-refractivity contribution in [2.75, 3.05) is 37.7 Å². The van der Waals surface area contributed by atoms with Crippen molar-refractivity contribution in [1.82, 2.24) is 24.6 Å². The van der Waals surface area contributed by atoms with Gasteiger partial charge in [-0.2, -0.15) is 0 Å². The first-order valence-corrected chi connectivity index (χ1v) is 13.8. The molecule has 1 saturated heterocycles. The van der Waals surface area contributed by atoms with Crippen LogP contribution in [0, 0.1) is 6.92 Å². The van der Waals surface area contributed by atoms with Crippen LogP contribution in [-0.2, 0) is 5.75 Å². The van der Waals surface area contributed by atoms with Crippen molar-refractivity contribution >= 4 is 34.7 Å². The van der Waals surface area contributed by atoms with Crippen LogP contribution in [0.25, 0.3) is 5.69 Å². The minimum absolute atomic E-state index is 0.0106. The summed E-state index contributed by atoms with van der Waals surface area (Å²) in [5.41, 5.74) is 2.62. The Morgan fingerprint density at radius 3 is 2.56 bits per heavy atom. The van der Waals surface area contributed by atoms with E-state index in [0.717, 1.165) is 46.2 Å². The van der Waals surface area contributed by atoms with Gasteiger partial charge in [0.15, 0.2) is 5.16 Å². The molecule has 1 aliphatic heterocycles. The van der Waals surface area contributed by atoms with Crippen LogP contribution >= 0.6 is 23.1 Å². The molecule has 0 spiro atoms. The van der Waals surface area contributed by atoms with E-state index in [1.807, 2.05) is 77.2 Å². The zero-order chi connectivity index (χ0) is 24.9. The molecule has 4 aromatic rings. The third-order valence-electron chi connectivity index (χ3n) is 5.98. The molecule has 5 rings (SSSR count). The van der Waals surface area contributed by atoms with E-state index in [1.54, 1.807) is 11.8 Å².